The van der Waals surface area contributed by atoms with Gasteiger partial charge in [0.05, 0.1) is 13.2 Å². The molecule has 2 aromatic carbocycles. The summed E-state index contributed by atoms with van der Waals surface area (Å²) in [5.41, 5.74) is 2.38. The van der Waals surface area contributed by atoms with Crippen LogP contribution in [-0.2, 0) is 32.2 Å². The van der Waals surface area contributed by atoms with Gasteiger partial charge in [-0.2, -0.15) is 0 Å². The molecule has 1 aliphatic rings. The molecule has 0 aromatic heterocycles. The molecule has 9 nitrogen and oxygen atoms in total. The monoisotopic (exact) mass is 454 g/mol. The van der Waals surface area contributed by atoms with E-state index >= 15 is 0 Å². The third-order valence-corrected chi connectivity index (χ3v) is 5.07. The Hall–Kier alpha value is -3.43. The Morgan fingerprint density at radius 2 is 1.67 bits per heavy atom. The molecule has 0 bridgehead atoms. The van der Waals surface area contributed by atoms with Crippen molar-refractivity contribution in [2.45, 2.75) is 19.6 Å². The maximum absolute atomic E-state index is 12.2. The first-order valence-corrected chi connectivity index (χ1v) is 11.0. The van der Waals surface area contributed by atoms with Crippen LogP contribution in [0.2, 0.25) is 0 Å². The van der Waals surface area contributed by atoms with Gasteiger partial charge < -0.3 is 25.4 Å². The standard InChI is InChI=1S/C24H30N4O5/c29-22(9-10-28-11-13-32-14-12-28)27-21-8-4-7-20(15-21)16-25-23(30)17-26-24(31)33-18-19-5-2-1-3-6-19/h1-8,15H,9-14,16-18H2,(H,25,30)(H,26,31)(H,27,29). The average molecular weight is 455 g/mol. The number of rotatable bonds is 10. The minimum atomic E-state index is -0.657. The van der Waals surface area contributed by atoms with Gasteiger partial charge in [-0.3, -0.25) is 14.5 Å². The van der Waals surface area contributed by atoms with Crippen molar-refractivity contribution in [3.63, 3.8) is 0 Å². The van der Waals surface area contributed by atoms with E-state index in [1.54, 1.807) is 0 Å². The number of carbonyl (C=O) groups is 3. The Labute approximate surface area is 193 Å². The Kier molecular flexibility index (Phi) is 9.68. The number of ether oxygens (including phenoxy) is 2. The summed E-state index contributed by atoms with van der Waals surface area (Å²) >= 11 is 0. The molecule has 0 atom stereocenters. The molecule has 1 fully saturated rings. The lowest BCUT2D eigenvalue weighted by Crippen LogP contribution is -2.38. The molecule has 1 saturated heterocycles. The van der Waals surface area contributed by atoms with E-state index in [0.29, 0.717) is 31.9 Å². The van der Waals surface area contributed by atoms with Crippen LogP contribution in [0.25, 0.3) is 0 Å². The first-order chi connectivity index (χ1) is 16.1. The molecule has 3 amide bonds. The van der Waals surface area contributed by atoms with Crippen LogP contribution in [0.4, 0.5) is 10.5 Å². The van der Waals surface area contributed by atoms with Crippen molar-refractivity contribution >= 4 is 23.6 Å². The largest absolute Gasteiger partial charge is 0.445 e. The molecule has 2 aromatic rings. The molecule has 0 radical (unpaired) electrons. The summed E-state index contributed by atoms with van der Waals surface area (Å²) < 4.78 is 10.4. The third kappa shape index (κ3) is 9.30. The van der Waals surface area contributed by atoms with Crippen LogP contribution >= 0.6 is 0 Å². The van der Waals surface area contributed by atoms with Gasteiger partial charge in [0.2, 0.25) is 11.8 Å². The van der Waals surface area contributed by atoms with Gasteiger partial charge in [-0.25, -0.2) is 4.79 Å². The highest BCUT2D eigenvalue weighted by molar-refractivity contribution is 5.90. The third-order valence-electron chi connectivity index (χ3n) is 5.07. The van der Waals surface area contributed by atoms with Gasteiger partial charge in [0.1, 0.15) is 13.2 Å². The van der Waals surface area contributed by atoms with Crippen molar-refractivity contribution in [2.24, 2.45) is 0 Å². The summed E-state index contributed by atoms with van der Waals surface area (Å²) in [5, 5.41) is 8.06. The van der Waals surface area contributed by atoms with Gasteiger partial charge in [0, 0.05) is 38.3 Å². The predicted molar refractivity (Wildman–Crippen MR) is 123 cm³/mol. The van der Waals surface area contributed by atoms with Crippen molar-refractivity contribution in [3.8, 4) is 0 Å². The molecule has 176 valence electrons. The summed E-state index contributed by atoms with van der Waals surface area (Å²) in [6.07, 6.45) is -0.247. The number of hydrogen-bond acceptors (Lipinski definition) is 6. The van der Waals surface area contributed by atoms with Crippen molar-refractivity contribution in [3.05, 3.63) is 65.7 Å². The number of benzene rings is 2. The van der Waals surface area contributed by atoms with Crippen molar-refractivity contribution in [2.75, 3.05) is 44.7 Å². The Bertz CT molecular complexity index is 916. The molecule has 9 heteroatoms. The molecule has 3 N–H and O–H groups in total. The highest BCUT2D eigenvalue weighted by Gasteiger charge is 2.12. The number of hydrogen-bond donors (Lipinski definition) is 3. The molecule has 0 unspecified atom stereocenters. The van der Waals surface area contributed by atoms with Crippen LogP contribution < -0.4 is 16.0 Å². The molecule has 0 spiro atoms. The van der Waals surface area contributed by atoms with E-state index in [9.17, 15) is 14.4 Å². The van der Waals surface area contributed by atoms with E-state index < -0.39 is 6.09 Å². The number of nitrogens with zero attached hydrogens (tertiary/aromatic N) is 1. The zero-order chi connectivity index (χ0) is 23.3. The van der Waals surface area contributed by atoms with Crippen molar-refractivity contribution < 1.29 is 23.9 Å². The lowest BCUT2D eigenvalue weighted by atomic mass is 10.2. The summed E-state index contributed by atoms with van der Waals surface area (Å²) in [4.78, 5) is 38.2. The lowest BCUT2D eigenvalue weighted by Gasteiger charge is -2.26. The topological polar surface area (TPSA) is 109 Å². The summed E-state index contributed by atoms with van der Waals surface area (Å²) in [7, 11) is 0. The highest BCUT2D eigenvalue weighted by Crippen LogP contribution is 2.11. The number of alkyl carbamates (subject to hydrolysis) is 1. The van der Waals surface area contributed by atoms with Gasteiger partial charge in [-0.05, 0) is 23.3 Å². The van der Waals surface area contributed by atoms with Crippen LogP contribution in [0.1, 0.15) is 17.5 Å². The van der Waals surface area contributed by atoms with Gasteiger partial charge in [-0.1, -0.05) is 42.5 Å². The van der Waals surface area contributed by atoms with Crippen LogP contribution in [0.3, 0.4) is 0 Å². The minimum absolute atomic E-state index is 0.0547. The second-order valence-electron chi connectivity index (χ2n) is 7.64. The molecule has 1 aliphatic heterocycles. The van der Waals surface area contributed by atoms with Crippen LogP contribution in [0, 0.1) is 0 Å². The summed E-state index contributed by atoms with van der Waals surface area (Å²) in [6, 6.07) is 16.6. The Morgan fingerprint density at radius 1 is 0.909 bits per heavy atom. The average Bonchev–Trinajstić information content (AvgIpc) is 2.85. The minimum Gasteiger partial charge on any atom is -0.445 e. The lowest BCUT2D eigenvalue weighted by molar-refractivity contribution is -0.120. The Balaban J connectivity index is 1.33. The van der Waals surface area contributed by atoms with Crippen LogP contribution in [-0.4, -0.2) is 62.2 Å². The molecular weight excluding hydrogens is 424 g/mol. The zero-order valence-corrected chi connectivity index (χ0v) is 18.5. The van der Waals surface area contributed by atoms with Gasteiger partial charge in [0.15, 0.2) is 0 Å². The highest BCUT2D eigenvalue weighted by atomic mass is 16.5. The van der Waals surface area contributed by atoms with E-state index in [2.05, 4.69) is 20.9 Å². The second kappa shape index (κ2) is 13.2. The number of carbonyl (C=O) groups excluding carboxylic acids is 3. The van der Waals surface area contributed by atoms with Gasteiger partial charge in [-0.15, -0.1) is 0 Å². The zero-order valence-electron chi connectivity index (χ0n) is 18.5. The molecule has 3 rings (SSSR count). The van der Waals surface area contributed by atoms with E-state index in [0.717, 1.165) is 24.2 Å². The summed E-state index contributed by atoms with van der Waals surface area (Å²) in [6.45, 7) is 4.04. The summed E-state index contributed by atoms with van der Waals surface area (Å²) in [5.74, 6) is -0.396. The van der Waals surface area contributed by atoms with E-state index in [1.807, 2.05) is 54.6 Å². The quantitative estimate of drug-likeness (QED) is 0.506. The number of nitrogens with one attached hydrogen (secondary N) is 3. The molecule has 0 aliphatic carbocycles. The van der Waals surface area contributed by atoms with E-state index in [-0.39, 0.29) is 31.5 Å². The second-order valence-corrected chi connectivity index (χ2v) is 7.64. The van der Waals surface area contributed by atoms with Gasteiger partial charge in [0.25, 0.3) is 0 Å². The van der Waals surface area contributed by atoms with Crippen molar-refractivity contribution in [1.82, 2.24) is 15.5 Å². The molecule has 0 saturated carbocycles. The van der Waals surface area contributed by atoms with Crippen molar-refractivity contribution in [1.29, 1.82) is 0 Å². The van der Waals surface area contributed by atoms with Crippen LogP contribution in [0.15, 0.2) is 54.6 Å². The normalized spacial score (nSPS) is 13.7. The fourth-order valence-electron chi connectivity index (χ4n) is 3.26. The van der Waals surface area contributed by atoms with E-state index in [1.165, 1.54) is 0 Å². The molecular formula is C24H30N4O5. The smallest absolute Gasteiger partial charge is 0.407 e. The van der Waals surface area contributed by atoms with Gasteiger partial charge >= 0.3 is 6.09 Å². The fourth-order valence-corrected chi connectivity index (χ4v) is 3.26. The SMILES string of the molecule is O=C(CNC(=O)OCc1ccccc1)NCc1cccc(NC(=O)CCN2CCOCC2)c1. The Morgan fingerprint density at radius 3 is 2.45 bits per heavy atom. The molecule has 33 heavy (non-hydrogen) atoms. The number of amides is 3. The predicted octanol–water partition coefficient (Wildman–Crippen LogP) is 1.89. The van der Waals surface area contributed by atoms with E-state index in [4.69, 9.17) is 9.47 Å². The van der Waals surface area contributed by atoms with Crippen LogP contribution in [0.5, 0.6) is 0 Å². The maximum Gasteiger partial charge on any atom is 0.407 e. The molecule has 1 heterocycles. The first-order valence-electron chi connectivity index (χ1n) is 11.0. The first kappa shape index (κ1) is 24.2. The number of anilines is 1. The maximum atomic E-state index is 12.2. The fraction of sp³-hybridized carbons (Fsp3) is 0.375. The number of morpholine rings is 1.